The second-order valence-corrected chi connectivity index (χ2v) is 4.60. The van der Waals surface area contributed by atoms with Crippen LogP contribution in [0.5, 0.6) is 11.5 Å². The lowest BCUT2D eigenvalue weighted by molar-refractivity contribution is -0.137. The van der Waals surface area contributed by atoms with Crippen molar-refractivity contribution in [1.82, 2.24) is 0 Å². The van der Waals surface area contributed by atoms with Crippen molar-refractivity contribution < 1.29 is 27.4 Å². The Morgan fingerprint density at radius 1 is 1.00 bits per heavy atom. The zero-order valence-corrected chi connectivity index (χ0v) is 12.4. The van der Waals surface area contributed by atoms with E-state index in [-0.39, 0.29) is 11.3 Å². The molecule has 0 bridgehead atoms. The molecule has 23 heavy (non-hydrogen) atoms. The number of halogens is 3. The molecule has 0 saturated carbocycles. The SMILES string of the molecule is COc1ccc(C(=O)Nc2cccc(C(F)(F)F)c2)cc1OC. The molecular weight excluding hydrogens is 311 g/mol. The Balaban J connectivity index is 2.22. The number of hydrogen-bond donors (Lipinski definition) is 1. The van der Waals surface area contributed by atoms with Gasteiger partial charge in [0.05, 0.1) is 19.8 Å². The molecule has 2 rings (SSSR count). The van der Waals surface area contributed by atoms with Crippen LogP contribution >= 0.6 is 0 Å². The van der Waals surface area contributed by atoms with Crippen LogP contribution in [0, 0.1) is 0 Å². The van der Waals surface area contributed by atoms with Crippen LogP contribution < -0.4 is 14.8 Å². The highest BCUT2D eigenvalue weighted by Crippen LogP contribution is 2.31. The van der Waals surface area contributed by atoms with E-state index in [0.717, 1.165) is 12.1 Å². The molecule has 122 valence electrons. The van der Waals surface area contributed by atoms with Crippen molar-refractivity contribution in [1.29, 1.82) is 0 Å². The van der Waals surface area contributed by atoms with Gasteiger partial charge in [-0.1, -0.05) is 6.07 Å². The van der Waals surface area contributed by atoms with Gasteiger partial charge >= 0.3 is 6.18 Å². The molecule has 0 fully saturated rings. The summed E-state index contributed by atoms with van der Waals surface area (Å²) >= 11 is 0. The lowest BCUT2D eigenvalue weighted by atomic mass is 10.1. The molecule has 2 aromatic rings. The predicted octanol–water partition coefficient (Wildman–Crippen LogP) is 3.97. The Labute approximate surface area is 130 Å². The van der Waals surface area contributed by atoms with Crippen molar-refractivity contribution in [3.63, 3.8) is 0 Å². The van der Waals surface area contributed by atoms with E-state index in [0.29, 0.717) is 11.5 Å². The Morgan fingerprint density at radius 3 is 2.30 bits per heavy atom. The highest BCUT2D eigenvalue weighted by Gasteiger charge is 2.30. The number of hydrogen-bond acceptors (Lipinski definition) is 3. The molecule has 7 heteroatoms. The summed E-state index contributed by atoms with van der Waals surface area (Å²) < 4.78 is 48.1. The lowest BCUT2D eigenvalue weighted by Gasteiger charge is -2.11. The van der Waals surface area contributed by atoms with Crippen LogP contribution in [0.1, 0.15) is 15.9 Å². The quantitative estimate of drug-likeness (QED) is 0.925. The van der Waals surface area contributed by atoms with Gasteiger partial charge in [-0.15, -0.1) is 0 Å². The van der Waals surface area contributed by atoms with Crippen molar-refractivity contribution in [3.8, 4) is 11.5 Å². The van der Waals surface area contributed by atoms with Gasteiger partial charge in [0, 0.05) is 11.3 Å². The third-order valence-corrected chi connectivity index (χ3v) is 3.09. The van der Waals surface area contributed by atoms with Gasteiger partial charge in [0.25, 0.3) is 5.91 Å². The van der Waals surface area contributed by atoms with E-state index in [1.54, 1.807) is 6.07 Å². The number of anilines is 1. The Kier molecular flexibility index (Phi) is 4.78. The zero-order valence-electron chi connectivity index (χ0n) is 12.4. The molecule has 0 heterocycles. The topological polar surface area (TPSA) is 47.6 Å². The van der Waals surface area contributed by atoms with Crippen LogP contribution in [0.4, 0.5) is 18.9 Å². The smallest absolute Gasteiger partial charge is 0.416 e. The third-order valence-electron chi connectivity index (χ3n) is 3.09. The van der Waals surface area contributed by atoms with Gasteiger partial charge in [-0.05, 0) is 36.4 Å². The van der Waals surface area contributed by atoms with Gasteiger partial charge in [0.1, 0.15) is 0 Å². The van der Waals surface area contributed by atoms with Crippen LogP contribution in [0.2, 0.25) is 0 Å². The van der Waals surface area contributed by atoms with Crippen molar-refractivity contribution >= 4 is 11.6 Å². The molecule has 0 aliphatic carbocycles. The fourth-order valence-corrected chi connectivity index (χ4v) is 1.95. The molecule has 1 amide bonds. The number of ether oxygens (including phenoxy) is 2. The maximum atomic E-state index is 12.7. The fourth-order valence-electron chi connectivity index (χ4n) is 1.95. The van der Waals surface area contributed by atoms with Crippen LogP contribution in [0.15, 0.2) is 42.5 Å². The number of benzene rings is 2. The van der Waals surface area contributed by atoms with E-state index in [4.69, 9.17) is 9.47 Å². The number of rotatable bonds is 4. The standard InChI is InChI=1S/C16H14F3NO3/c1-22-13-7-6-10(8-14(13)23-2)15(21)20-12-5-3-4-11(9-12)16(17,18)19/h3-9H,1-2H3,(H,20,21). The molecule has 1 N–H and O–H groups in total. The fraction of sp³-hybridized carbons (Fsp3) is 0.188. The summed E-state index contributed by atoms with van der Waals surface area (Å²) in [5, 5.41) is 2.42. The first-order valence-corrected chi connectivity index (χ1v) is 6.56. The van der Waals surface area contributed by atoms with Gasteiger partial charge in [-0.25, -0.2) is 0 Å². The molecule has 0 radical (unpaired) electrons. The highest BCUT2D eigenvalue weighted by molar-refractivity contribution is 6.04. The number of nitrogens with one attached hydrogen (secondary N) is 1. The monoisotopic (exact) mass is 325 g/mol. The maximum Gasteiger partial charge on any atom is 0.416 e. The second kappa shape index (κ2) is 6.60. The summed E-state index contributed by atoms with van der Waals surface area (Å²) in [4.78, 5) is 12.2. The predicted molar refractivity (Wildman–Crippen MR) is 78.9 cm³/mol. The first kappa shape index (κ1) is 16.7. The average molecular weight is 325 g/mol. The Bertz CT molecular complexity index is 714. The summed E-state index contributed by atoms with van der Waals surface area (Å²) in [6.45, 7) is 0. The molecule has 0 atom stereocenters. The van der Waals surface area contributed by atoms with E-state index >= 15 is 0 Å². The van der Waals surface area contributed by atoms with E-state index in [1.807, 2.05) is 0 Å². The van der Waals surface area contributed by atoms with E-state index < -0.39 is 17.6 Å². The lowest BCUT2D eigenvalue weighted by Crippen LogP contribution is -2.13. The molecule has 0 unspecified atom stereocenters. The largest absolute Gasteiger partial charge is 0.493 e. The van der Waals surface area contributed by atoms with Gasteiger partial charge in [0.15, 0.2) is 11.5 Å². The van der Waals surface area contributed by atoms with Crippen molar-refractivity contribution in [2.75, 3.05) is 19.5 Å². The first-order chi connectivity index (χ1) is 10.8. The van der Waals surface area contributed by atoms with Crippen molar-refractivity contribution in [2.24, 2.45) is 0 Å². The summed E-state index contributed by atoms with van der Waals surface area (Å²) in [7, 11) is 2.88. The molecule has 2 aromatic carbocycles. The van der Waals surface area contributed by atoms with Crippen molar-refractivity contribution in [3.05, 3.63) is 53.6 Å². The normalized spacial score (nSPS) is 11.0. The number of carbonyl (C=O) groups excluding carboxylic acids is 1. The van der Waals surface area contributed by atoms with Crippen LogP contribution in [0.3, 0.4) is 0 Å². The van der Waals surface area contributed by atoms with E-state index in [9.17, 15) is 18.0 Å². The number of amides is 1. The van der Waals surface area contributed by atoms with E-state index in [1.165, 1.54) is 38.5 Å². The maximum absolute atomic E-state index is 12.7. The summed E-state index contributed by atoms with van der Waals surface area (Å²) in [6.07, 6.45) is -4.47. The van der Waals surface area contributed by atoms with Gasteiger partial charge in [-0.2, -0.15) is 13.2 Å². The Morgan fingerprint density at radius 2 is 1.70 bits per heavy atom. The molecule has 0 aliphatic heterocycles. The Hall–Kier alpha value is -2.70. The summed E-state index contributed by atoms with van der Waals surface area (Å²) in [5.74, 6) is 0.248. The number of methoxy groups -OCH3 is 2. The van der Waals surface area contributed by atoms with Gasteiger partial charge < -0.3 is 14.8 Å². The average Bonchev–Trinajstić information content (AvgIpc) is 2.53. The molecule has 0 aliphatic rings. The third kappa shape index (κ3) is 3.94. The van der Waals surface area contributed by atoms with Gasteiger partial charge in [0.2, 0.25) is 0 Å². The minimum Gasteiger partial charge on any atom is -0.493 e. The first-order valence-electron chi connectivity index (χ1n) is 6.56. The van der Waals surface area contributed by atoms with Crippen LogP contribution in [-0.2, 0) is 6.18 Å². The van der Waals surface area contributed by atoms with Crippen LogP contribution in [0.25, 0.3) is 0 Å². The molecule has 0 aromatic heterocycles. The second-order valence-electron chi connectivity index (χ2n) is 4.60. The zero-order chi connectivity index (χ0) is 17.0. The number of carbonyl (C=O) groups is 1. The summed E-state index contributed by atoms with van der Waals surface area (Å²) in [6, 6.07) is 8.90. The molecule has 4 nitrogen and oxygen atoms in total. The van der Waals surface area contributed by atoms with Crippen molar-refractivity contribution in [2.45, 2.75) is 6.18 Å². The minimum atomic E-state index is -4.47. The molecular formula is C16H14F3NO3. The van der Waals surface area contributed by atoms with E-state index in [2.05, 4.69) is 5.32 Å². The molecule has 0 saturated heterocycles. The molecule has 0 spiro atoms. The number of alkyl halides is 3. The van der Waals surface area contributed by atoms with Crippen LogP contribution in [-0.4, -0.2) is 20.1 Å². The summed E-state index contributed by atoms with van der Waals surface area (Å²) in [5.41, 5.74) is -0.540. The highest BCUT2D eigenvalue weighted by atomic mass is 19.4. The van der Waals surface area contributed by atoms with Gasteiger partial charge in [-0.3, -0.25) is 4.79 Å². The minimum absolute atomic E-state index is 0.0552.